The lowest BCUT2D eigenvalue weighted by Gasteiger charge is -2.22. The Morgan fingerprint density at radius 3 is 2.62 bits per heavy atom. The minimum atomic E-state index is -3.76. The predicted molar refractivity (Wildman–Crippen MR) is 153 cm³/mol. The maximum absolute atomic E-state index is 15.1. The summed E-state index contributed by atoms with van der Waals surface area (Å²) in [5.74, 6) is 0.344. The Bertz CT molecular complexity index is 1700. The number of rotatable bonds is 7. The van der Waals surface area contributed by atoms with Crippen molar-refractivity contribution in [1.29, 1.82) is 0 Å². The molecular weight excluding hydrogens is 531 g/mol. The van der Waals surface area contributed by atoms with Crippen LogP contribution < -0.4 is 10.1 Å². The Balaban J connectivity index is 1.43. The van der Waals surface area contributed by atoms with Crippen LogP contribution in [0.3, 0.4) is 0 Å². The van der Waals surface area contributed by atoms with Crippen molar-refractivity contribution in [3.63, 3.8) is 0 Å². The molecule has 0 atom stereocenters. The van der Waals surface area contributed by atoms with E-state index in [2.05, 4.69) is 35.2 Å². The Morgan fingerprint density at radius 1 is 1.15 bits per heavy atom. The highest BCUT2D eigenvalue weighted by Gasteiger charge is 2.27. The summed E-state index contributed by atoms with van der Waals surface area (Å²) < 4.78 is 45.1. The van der Waals surface area contributed by atoms with Gasteiger partial charge in [0.25, 0.3) is 5.91 Å². The first-order valence-electron chi connectivity index (χ1n) is 13.3. The number of benzene rings is 3. The number of fused-ring (bicyclic) bond motifs is 2. The first-order valence-corrected chi connectivity index (χ1v) is 15.2. The van der Waals surface area contributed by atoms with Crippen molar-refractivity contribution in [1.82, 2.24) is 20.2 Å². The summed E-state index contributed by atoms with van der Waals surface area (Å²) in [5, 5.41) is 3.37. The first-order chi connectivity index (χ1) is 19.0. The number of carbonyl (C=O) groups excluding carboxylic acids is 1. The standard InChI is InChI=1S/C30H33FN4O4S/c1-5-22-23(8-11-27(29(22)31)40(4,37)38)30(36)35-12-13-39-26-10-7-19(14-21(26)17-35)20-6-9-24-25(15-20)34-28(33-24)16-32-18(2)3/h6-11,14-15,18,32H,5,12-13,16-17H2,1-4H3,(H,33,34). The van der Waals surface area contributed by atoms with Gasteiger partial charge >= 0.3 is 0 Å². The van der Waals surface area contributed by atoms with Gasteiger partial charge in [0, 0.05) is 35.5 Å². The van der Waals surface area contributed by atoms with E-state index < -0.39 is 20.5 Å². The van der Waals surface area contributed by atoms with E-state index >= 15 is 4.39 Å². The highest BCUT2D eigenvalue weighted by Crippen LogP contribution is 2.32. The molecule has 0 radical (unpaired) electrons. The number of H-pyrrole nitrogens is 1. The lowest BCUT2D eigenvalue weighted by Crippen LogP contribution is -2.33. The van der Waals surface area contributed by atoms with Crippen molar-refractivity contribution in [2.45, 2.75) is 51.2 Å². The van der Waals surface area contributed by atoms with Gasteiger partial charge in [0.1, 0.15) is 28.9 Å². The fraction of sp³-hybridized carbons (Fsp3) is 0.333. The van der Waals surface area contributed by atoms with Crippen LogP contribution in [0.2, 0.25) is 0 Å². The molecule has 0 fully saturated rings. The number of halogens is 1. The molecule has 10 heteroatoms. The van der Waals surface area contributed by atoms with Gasteiger partial charge in [-0.15, -0.1) is 0 Å². The largest absolute Gasteiger partial charge is 0.491 e. The number of imidazole rings is 1. The number of nitrogens with zero attached hydrogens (tertiary/aromatic N) is 2. The predicted octanol–water partition coefficient (Wildman–Crippen LogP) is 4.87. The van der Waals surface area contributed by atoms with Crippen LogP contribution >= 0.6 is 0 Å². The van der Waals surface area contributed by atoms with Crippen LogP contribution in [0.4, 0.5) is 4.39 Å². The summed E-state index contributed by atoms with van der Waals surface area (Å²) in [6.45, 7) is 7.42. The number of sulfone groups is 1. The number of carbonyl (C=O) groups is 1. The number of aromatic nitrogens is 2. The highest BCUT2D eigenvalue weighted by atomic mass is 32.2. The van der Waals surface area contributed by atoms with Crippen molar-refractivity contribution in [2.75, 3.05) is 19.4 Å². The third-order valence-electron chi connectivity index (χ3n) is 7.06. The molecule has 0 bridgehead atoms. The Hall–Kier alpha value is -3.76. The van der Waals surface area contributed by atoms with E-state index in [1.54, 1.807) is 11.8 Å². The number of amides is 1. The van der Waals surface area contributed by atoms with E-state index in [9.17, 15) is 13.2 Å². The number of ether oxygens (including phenoxy) is 1. The molecule has 1 aliphatic heterocycles. The van der Waals surface area contributed by atoms with Gasteiger partial charge in [-0.2, -0.15) is 0 Å². The summed E-state index contributed by atoms with van der Waals surface area (Å²) in [4.78, 5) is 22.9. The van der Waals surface area contributed by atoms with Crippen molar-refractivity contribution < 1.29 is 22.3 Å². The zero-order chi connectivity index (χ0) is 28.6. The molecule has 0 saturated heterocycles. The molecule has 1 aromatic heterocycles. The normalized spacial score (nSPS) is 13.8. The molecule has 8 nitrogen and oxygen atoms in total. The number of aromatic amines is 1. The lowest BCUT2D eigenvalue weighted by atomic mass is 10.0. The number of nitrogens with one attached hydrogen (secondary N) is 2. The zero-order valence-corrected chi connectivity index (χ0v) is 23.9. The van der Waals surface area contributed by atoms with Crippen LogP contribution in [0, 0.1) is 5.82 Å². The van der Waals surface area contributed by atoms with E-state index in [0.29, 0.717) is 24.9 Å². The molecule has 0 unspecified atom stereocenters. The fourth-order valence-corrected chi connectivity index (χ4v) is 5.74. The van der Waals surface area contributed by atoms with Crippen molar-refractivity contribution >= 4 is 26.8 Å². The first kappa shape index (κ1) is 27.8. The van der Waals surface area contributed by atoms with E-state index in [1.165, 1.54) is 12.1 Å². The molecule has 2 N–H and O–H groups in total. The summed E-state index contributed by atoms with van der Waals surface area (Å²) in [5.41, 5.74) is 4.89. The molecule has 210 valence electrons. The molecule has 1 amide bonds. The molecule has 4 aromatic rings. The van der Waals surface area contributed by atoms with Gasteiger partial charge in [-0.1, -0.05) is 32.9 Å². The maximum Gasteiger partial charge on any atom is 0.254 e. The van der Waals surface area contributed by atoms with Gasteiger partial charge in [0.15, 0.2) is 9.84 Å². The second kappa shape index (κ2) is 11.0. The van der Waals surface area contributed by atoms with E-state index in [0.717, 1.165) is 39.8 Å². The third-order valence-corrected chi connectivity index (χ3v) is 8.18. The van der Waals surface area contributed by atoms with Crippen LogP contribution in [-0.4, -0.2) is 54.6 Å². The van der Waals surface area contributed by atoms with Crippen molar-refractivity contribution in [3.05, 3.63) is 76.9 Å². The molecule has 0 saturated carbocycles. The molecule has 2 heterocycles. The molecule has 40 heavy (non-hydrogen) atoms. The van der Waals surface area contributed by atoms with E-state index in [4.69, 9.17) is 4.74 Å². The topological polar surface area (TPSA) is 104 Å². The molecule has 1 aliphatic rings. The molecule has 0 aliphatic carbocycles. The van der Waals surface area contributed by atoms with Gasteiger partial charge < -0.3 is 19.9 Å². The zero-order valence-electron chi connectivity index (χ0n) is 23.0. The van der Waals surface area contributed by atoms with Gasteiger partial charge in [0.2, 0.25) is 0 Å². The average Bonchev–Trinajstić information content (AvgIpc) is 3.20. The summed E-state index contributed by atoms with van der Waals surface area (Å²) in [7, 11) is -3.76. The second-order valence-corrected chi connectivity index (χ2v) is 12.4. The van der Waals surface area contributed by atoms with Crippen LogP contribution in [-0.2, 0) is 29.3 Å². The Morgan fingerprint density at radius 2 is 1.90 bits per heavy atom. The molecule has 3 aromatic carbocycles. The highest BCUT2D eigenvalue weighted by molar-refractivity contribution is 7.90. The maximum atomic E-state index is 15.1. The summed E-state index contributed by atoms with van der Waals surface area (Å²) >= 11 is 0. The average molecular weight is 565 g/mol. The minimum Gasteiger partial charge on any atom is -0.491 e. The quantitative estimate of drug-likeness (QED) is 0.332. The molecule has 5 rings (SSSR count). The summed E-state index contributed by atoms with van der Waals surface area (Å²) in [6, 6.07) is 14.9. The summed E-state index contributed by atoms with van der Waals surface area (Å²) in [6.07, 6.45) is 1.15. The Kier molecular flexibility index (Phi) is 7.65. The van der Waals surface area contributed by atoms with Gasteiger partial charge in [-0.05, 0) is 53.9 Å². The van der Waals surface area contributed by atoms with Crippen molar-refractivity contribution in [3.8, 4) is 16.9 Å². The second-order valence-electron chi connectivity index (χ2n) is 10.4. The molecular formula is C30H33FN4O4S. The van der Waals surface area contributed by atoms with Gasteiger partial charge in [0.05, 0.1) is 24.1 Å². The van der Waals surface area contributed by atoms with Crippen LogP contribution in [0.5, 0.6) is 5.75 Å². The van der Waals surface area contributed by atoms with E-state index in [1.807, 2.05) is 30.3 Å². The third kappa shape index (κ3) is 5.59. The van der Waals surface area contributed by atoms with Crippen molar-refractivity contribution in [2.24, 2.45) is 0 Å². The van der Waals surface area contributed by atoms with Crippen LogP contribution in [0.15, 0.2) is 53.4 Å². The Labute approximate surface area is 233 Å². The minimum absolute atomic E-state index is 0.0999. The monoisotopic (exact) mass is 564 g/mol. The molecule has 0 spiro atoms. The van der Waals surface area contributed by atoms with Gasteiger partial charge in [-0.25, -0.2) is 17.8 Å². The SMILES string of the molecule is CCc1c(C(=O)N2CCOc3ccc(-c4ccc5nc(CNC(C)C)[nH]c5c4)cc3C2)ccc(S(C)(=O)=O)c1F. The van der Waals surface area contributed by atoms with E-state index in [-0.39, 0.29) is 36.6 Å². The smallest absolute Gasteiger partial charge is 0.254 e. The fourth-order valence-electron chi connectivity index (χ4n) is 4.98. The number of hydrogen-bond acceptors (Lipinski definition) is 6. The number of hydrogen-bond donors (Lipinski definition) is 2. The van der Waals surface area contributed by atoms with Gasteiger partial charge in [-0.3, -0.25) is 4.79 Å². The van der Waals surface area contributed by atoms with Crippen LogP contribution in [0.25, 0.3) is 22.2 Å². The van der Waals surface area contributed by atoms with Crippen LogP contribution in [0.1, 0.15) is 48.1 Å². The lowest BCUT2D eigenvalue weighted by molar-refractivity contribution is 0.0731.